The Morgan fingerprint density at radius 2 is 1.21 bits per heavy atom. The number of unbranched alkanes of at least 4 members (excludes halogenated alkanes) is 9. The summed E-state index contributed by atoms with van der Waals surface area (Å²) in [6.45, 7) is 8.40. The Kier molecular flexibility index (Phi) is 14.3. The number of nitrogens with zero attached hydrogens (tertiary/aromatic N) is 2. The molecular weight excluding hydrogens is 408 g/mol. The molecular formula is C29H46N2O2. The van der Waals surface area contributed by atoms with Crippen LogP contribution in [-0.2, 0) is 0 Å². The summed E-state index contributed by atoms with van der Waals surface area (Å²) in [7, 11) is 0. The number of benzene rings is 1. The zero-order chi connectivity index (χ0) is 23.6. The minimum atomic E-state index is 0.714. The molecule has 1 aromatic carbocycles. The summed E-state index contributed by atoms with van der Waals surface area (Å²) in [5.41, 5.74) is 0.992. The summed E-state index contributed by atoms with van der Waals surface area (Å²) in [4.78, 5) is 8.95. The fourth-order valence-corrected chi connectivity index (χ4v) is 3.83. The molecule has 4 heteroatoms. The first-order valence-corrected chi connectivity index (χ1v) is 13.4. The van der Waals surface area contributed by atoms with Crippen LogP contribution >= 0.6 is 0 Å². The second-order valence-corrected chi connectivity index (χ2v) is 9.30. The highest BCUT2D eigenvalue weighted by molar-refractivity contribution is 5.56. The highest BCUT2D eigenvalue weighted by Crippen LogP contribution is 2.21. The van der Waals surface area contributed by atoms with Gasteiger partial charge in [0.25, 0.3) is 0 Å². The van der Waals surface area contributed by atoms with Gasteiger partial charge in [-0.3, -0.25) is 0 Å². The van der Waals surface area contributed by atoms with Crippen LogP contribution in [0.2, 0.25) is 0 Å². The lowest BCUT2D eigenvalue weighted by Gasteiger charge is -2.09. The van der Waals surface area contributed by atoms with Gasteiger partial charge in [0.2, 0.25) is 0 Å². The number of aromatic nitrogens is 2. The van der Waals surface area contributed by atoms with Crippen molar-refractivity contribution in [2.24, 2.45) is 5.92 Å². The van der Waals surface area contributed by atoms with E-state index in [4.69, 9.17) is 9.47 Å². The van der Waals surface area contributed by atoms with Gasteiger partial charge in [-0.25, -0.2) is 9.97 Å². The van der Waals surface area contributed by atoms with Gasteiger partial charge >= 0.3 is 0 Å². The molecule has 33 heavy (non-hydrogen) atoms. The third kappa shape index (κ3) is 12.1. The molecule has 0 bridgehead atoms. The number of hydrogen-bond acceptors (Lipinski definition) is 4. The molecule has 1 heterocycles. The fraction of sp³-hybridized carbons (Fsp3) is 0.655. The van der Waals surface area contributed by atoms with Gasteiger partial charge in [-0.1, -0.05) is 91.4 Å². The van der Waals surface area contributed by atoms with Crippen molar-refractivity contribution in [1.29, 1.82) is 0 Å². The largest absolute Gasteiger partial charge is 0.494 e. The Morgan fingerprint density at radius 3 is 1.82 bits per heavy atom. The molecule has 1 atom stereocenters. The van der Waals surface area contributed by atoms with Gasteiger partial charge in [0, 0.05) is 5.56 Å². The Hall–Kier alpha value is -2.10. The second kappa shape index (κ2) is 17.4. The molecule has 0 aliphatic heterocycles. The first kappa shape index (κ1) is 27.1. The van der Waals surface area contributed by atoms with Crippen molar-refractivity contribution in [1.82, 2.24) is 9.97 Å². The van der Waals surface area contributed by atoms with Crippen LogP contribution in [0.25, 0.3) is 11.4 Å². The third-order valence-electron chi connectivity index (χ3n) is 6.31. The quantitative estimate of drug-likeness (QED) is 0.199. The van der Waals surface area contributed by atoms with Gasteiger partial charge in [0.15, 0.2) is 11.6 Å². The number of ether oxygens (including phenoxy) is 2. The van der Waals surface area contributed by atoms with Crippen LogP contribution in [0.4, 0.5) is 0 Å². The molecule has 0 aliphatic carbocycles. The van der Waals surface area contributed by atoms with Crippen LogP contribution in [-0.4, -0.2) is 23.2 Å². The highest BCUT2D eigenvalue weighted by atomic mass is 16.5. The van der Waals surface area contributed by atoms with Crippen molar-refractivity contribution in [2.75, 3.05) is 13.2 Å². The molecule has 2 aromatic rings. The van der Waals surface area contributed by atoms with Crippen LogP contribution in [0.1, 0.15) is 104 Å². The normalized spacial score (nSPS) is 12.0. The highest BCUT2D eigenvalue weighted by Gasteiger charge is 2.04. The Balaban J connectivity index is 1.60. The first-order valence-electron chi connectivity index (χ1n) is 13.4. The van der Waals surface area contributed by atoms with E-state index >= 15 is 0 Å². The third-order valence-corrected chi connectivity index (χ3v) is 6.31. The van der Waals surface area contributed by atoms with E-state index in [-0.39, 0.29) is 0 Å². The minimum absolute atomic E-state index is 0.714. The zero-order valence-corrected chi connectivity index (χ0v) is 21.4. The standard InChI is InChI=1S/C29H46N2O2/c1-4-6-7-8-11-14-21-32-27-19-17-26(18-20-27)29-30-23-28(24-31-29)33-22-15-12-9-10-13-16-25(3)5-2/h17-20,23-25H,4-16,21-22H2,1-3H3/t25-/m0/s1. The Labute approximate surface area is 202 Å². The lowest BCUT2D eigenvalue weighted by atomic mass is 10.0. The van der Waals surface area contributed by atoms with Crippen LogP contribution in [0.15, 0.2) is 36.7 Å². The van der Waals surface area contributed by atoms with Crippen LogP contribution in [0, 0.1) is 5.92 Å². The van der Waals surface area contributed by atoms with Crippen molar-refractivity contribution in [3.05, 3.63) is 36.7 Å². The fourth-order valence-electron chi connectivity index (χ4n) is 3.83. The predicted molar refractivity (Wildman–Crippen MR) is 139 cm³/mol. The van der Waals surface area contributed by atoms with Crippen molar-refractivity contribution < 1.29 is 9.47 Å². The molecule has 0 radical (unpaired) electrons. The van der Waals surface area contributed by atoms with Gasteiger partial charge in [-0.15, -0.1) is 0 Å². The van der Waals surface area contributed by atoms with Crippen LogP contribution in [0.3, 0.4) is 0 Å². The maximum Gasteiger partial charge on any atom is 0.159 e. The minimum Gasteiger partial charge on any atom is -0.494 e. The van der Waals surface area contributed by atoms with E-state index in [0.29, 0.717) is 5.82 Å². The van der Waals surface area contributed by atoms with Crippen LogP contribution < -0.4 is 9.47 Å². The molecule has 1 aromatic heterocycles. The molecule has 0 saturated carbocycles. The molecule has 0 unspecified atom stereocenters. The van der Waals surface area contributed by atoms with Gasteiger partial charge < -0.3 is 9.47 Å². The predicted octanol–water partition coefficient (Wildman–Crippen LogP) is 8.65. The van der Waals surface area contributed by atoms with E-state index in [1.54, 1.807) is 12.4 Å². The van der Waals surface area contributed by atoms with Gasteiger partial charge in [0.05, 0.1) is 25.6 Å². The average molecular weight is 455 g/mol. The maximum absolute atomic E-state index is 5.86. The first-order chi connectivity index (χ1) is 16.2. The van der Waals surface area contributed by atoms with E-state index in [1.807, 2.05) is 24.3 Å². The lowest BCUT2D eigenvalue weighted by Crippen LogP contribution is -1.99. The summed E-state index contributed by atoms with van der Waals surface area (Å²) in [5.74, 6) is 3.24. The van der Waals surface area contributed by atoms with Crippen LogP contribution in [0.5, 0.6) is 11.5 Å². The Morgan fingerprint density at radius 1 is 0.667 bits per heavy atom. The smallest absolute Gasteiger partial charge is 0.159 e. The van der Waals surface area contributed by atoms with Gasteiger partial charge in [0.1, 0.15) is 5.75 Å². The summed E-state index contributed by atoms with van der Waals surface area (Å²) in [6, 6.07) is 8.05. The van der Waals surface area contributed by atoms with Gasteiger partial charge in [-0.2, -0.15) is 0 Å². The van der Waals surface area contributed by atoms with E-state index in [9.17, 15) is 0 Å². The summed E-state index contributed by atoms with van der Waals surface area (Å²) in [6.07, 6.45) is 20.2. The monoisotopic (exact) mass is 454 g/mol. The van der Waals surface area contributed by atoms with E-state index < -0.39 is 0 Å². The summed E-state index contributed by atoms with van der Waals surface area (Å²) < 4.78 is 11.7. The second-order valence-electron chi connectivity index (χ2n) is 9.30. The summed E-state index contributed by atoms with van der Waals surface area (Å²) in [5, 5.41) is 0. The van der Waals surface area contributed by atoms with Gasteiger partial charge in [-0.05, 0) is 43.0 Å². The molecule has 0 N–H and O–H groups in total. The topological polar surface area (TPSA) is 44.2 Å². The summed E-state index contributed by atoms with van der Waals surface area (Å²) >= 11 is 0. The molecule has 0 spiro atoms. The van der Waals surface area contributed by atoms with Crippen molar-refractivity contribution >= 4 is 0 Å². The maximum atomic E-state index is 5.86. The molecule has 184 valence electrons. The van der Waals surface area contributed by atoms with E-state index in [0.717, 1.165) is 49.0 Å². The van der Waals surface area contributed by atoms with E-state index in [1.165, 1.54) is 70.6 Å². The molecule has 0 fully saturated rings. The lowest BCUT2D eigenvalue weighted by molar-refractivity contribution is 0.301. The Bertz CT molecular complexity index is 715. The van der Waals surface area contributed by atoms with Crippen molar-refractivity contribution in [2.45, 2.75) is 104 Å². The SMILES string of the molecule is CCCCCCCCOc1ccc(-c2ncc(OCCCCCCC[C@@H](C)CC)cn2)cc1. The molecule has 0 saturated heterocycles. The average Bonchev–Trinajstić information content (AvgIpc) is 2.85. The number of rotatable bonds is 19. The zero-order valence-electron chi connectivity index (χ0n) is 21.4. The van der Waals surface area contributed by atoms with Crippen molar-refractivity contribution in [3.8, 4) is 22.9 Å². The molecule has 0 aliphatic rings. The van der Waals surface area contributed by atoms with Crippen molar-refractivity contribution in [3.63, 3.8) is 0 Å². The molecule has 4 nitrogen and oxygen atoms in total. The molecule has 2 rings (SSSR count). The molecule has 0 amide bonds. The van der Waals surface area contributed by atoms with E-state index in [2.05, 4.69) is 30.7 Å². The number of hydrogen-bond donors (Lipinski definition) is 0.